The van der Waals surface area contributed by atoms with Gasteiger partial charge in [-0.3, -0.25) is 0 Å². The van der Waals surface area contributed by atoms with E-state index in [1.165, 1.54) is 12.1 Å². The lowest BCUT2D eigenvalue weighted by Gasteiger charge is -2.06. The number of aryl methyl sites for hydroxylation is 2. The van der Waals surface area contributed by atoms with Gasteiger partial charge in [-0.1, -0.05) is 44.0 Å². The lowest BCUT2D eigenvalue weighted by atomic mass is 10.0. The first-order valence-electron chi connectivity index (χ1n) is 8.58. The summed E-state index contributed by atoms with van der Waals surface area (Å²) in [6.45, 7) is 2.01. The summed E-state index contributed by atoms with van der Waals surface area (Å²) in [4.78, 5) is 0. The predicted octanol–water partition coefficient (Wildman–Crippen LogP) is 6.94. The van der Waals surface area contributed by atoms with Crippen molar-refractivity contribution in [2.24, 2.45) is 0 Å². The van der Waals surface area contributed by atoms with Crippen molar-refractivity contribution in [1.82, 2.24) is 0 Å². The molecule has 0 fully saturated rings. The molecule has 134 valence electrons. The predicted molar refractivity (Wildman–Crippen MR) is 93.5 cm³/mol. The summed E-state index contributed by atoms with van der Waals surface area (Å²) in [6, 6.07) is 10.4. The van der Waals surface area contributed by atoms with Crippen molar-refractivity contribution in [3.05, 3.63) is 76.6 Å². The van der Waals surface area contributed by atoms with Crippen molar-refractivity contribution in [2.75, 3.05) is 0 Å². The van der Waals surface area contributed by atoms with Crippen molar-refractivity contribution in [3.63, 3.8) is 0 Å². The van der Waals surface area contributed by atoms with E-state index in [-0.39, 0.29) is 12.0 Å². The van der Waals surface area contributed by atoms with E-state index in [0.29, 0.717) is 24.8 Å². The van der Waals surface area contributed by atoms with Gasteiger partial charge in [0.1, 0.15) is 5.83 Å². The van der Waals surface area contributed by atoms with Crippen LogP contribution in [0.1, 0.15) is 49.3 Å². The first-order chi connectivity index (χ1) is 12.0. The highest BCUT2D eigenvalue weighted by Crippen LogP contribution is 2.26. The molecule has 0 aliphatic heterocycles. The Bertz CT molecular complexity index is 734. The van der Waals surface area contributed by atoms with Crippen LogP contribution in [0.4, 0.5) is 17.6 Å². The number of allylic oxidation sites excluding steroid dienone is 1. The van der Waals surface area contributed by atoms with E-state index in [9.17, 15) is 17.6 Å². The monoisotopic (exact) mass is 350 g/mol. The van der Waals surface area contributed by atoms with Crippen LogP contribution in [0.2, 0.25) is 0 Å². The van der Waals surface area contributed by atoms with Gasteiger partial charge in [0, 0.05) is 12.0 Å². The van der Waals surface area contributed by atoms with Gasteiger partial charge in [0.25, 0.3) is 0 Å². The van der Waals surface area contributed by atoms with E-state index in [1.54, 1.807) is 12.1 Å². The largest absolute Gasteiger partial charge is 0.209 e. The molecule has 0 amide bonds. The third kappa shape index (κ3) is 5.73. The van der Waals surface area contributed by atoms with Crippen LogP contribution in [-0.2, 0) is 12.8 Å². The van der Waals surface area contributed by atoms with Gasteiger partial charge >= 0.3 is 0 Å². The van der Waals surface area contributed by atoms with Gasteiger partial charge in [0.05, 0.1) is 0 Å². The van der Waals surface area contributed by atoms with Crippen LogP contribution in [-0.4, -0.2) is 0 Å². The van der Waals surface area contributed by atoms with Crippen LogP contribution in [0, 0.1) is 11.6 Å². The van der Waals surface area contributed by atoms with Gasteiger partial charge in [0.2, 0.25) is 0 Å². The molecule has 0 spiro atoms. The van der Waals surface area contributed by atoms with Crippen LogP contribution in [0.3, 0.4) is 0 Å². The Morgan fingerprint density at radius 3 is 2.24 bits per heavy atom. The topological polar surface area (TPSA) is 0 Å². The average Bonchev–Trinajstić information content (AvgIpc) is 2.62. The molecule has 0 saturated carbocycles. The molecule has 0 unspecified atom stereocenters. The fourth-order valence-corrected chi connectivity index (χ4v) is 2.64. The van der Waals surface area contributed by atoms with Crippen LogP contribution in [0.5, 0.6) is 0 Å². The van der Waals surface area contributed by atoms with Gasteiger partial charge in [-0.25, -0.2) is 17.6 Å². The van der Waals surface area contributed by atoms with E-state index in [2.05, 4.69) is 0 Å². The lowest BCUT2D eigenvalue weighted by Crippen LogP contribution is -1.95. The minimum atomic E-state index is -0.880. The molecule has 2 aromatic rings. The summed E-state index contributed by atoms with van der Waals surface area (Å²) >= 11 is 0. The first-order valence-corrected chi connectivity index (χ1v) is 8.58. The number of rotatable bonds is 8. The molecule has 25 heavy (non-hydrogen) atoms. The average molecular weight is 350 g/mol. The zero-order chi connectivity index (χ0) is 18.2. The van der Waals surface area contributed by atoms with Crippen LogP contribution in [0.25, 0.3) is 5.83 Å². The molecule has 2 rings (SSSR count). The minimum Gasteiger partial charge on any atom is -0.209 e. The molecule has 0 aromatic heterocycles. The highest BCUT2D eigenvalue weighted by Gasteiger charge is 2.10. The smallest absolute Gasteiger partial charge is 0.161 e. The molecule has 0 nitrogen and oxygen atoms in total. The van der Waals surface area contributed by atoms with Gasteiger partial charge in [-0.15, -0.1) is 0 Å². The fraction of sp³-hybridized carbons (Fsp3) is 0.333. The molecule has 0 heterocycles. The molecular weight excluding hydrogens is 328 g/mol. The fourth-order valence-electron chi connectivity index (χ4n) is 2.64. The maximum atomic E-state index is 14.2. The van der Waals surface area contributed by atoms with Crippen molar-refractivity contribution < 1.29 is 17.6 Å². The van der Waals surface area contributed by atoms with Gasteiger partial charge in [-0.05, 0) is 48.6 Å². The minimum absolute atomic E-state index is 0.110. The Morgan fingerprint density at radius 1 is 0.840 bits per heavy atom. The second kappa shape index (κ2) is 9.40. The summed E-state index contributed by atoms with van der Waals surface area (Å²) in [5, 5.41) is 0. The second-order valence-electron chi connectivity index (χ2n) is 6.12. The van der Waals surface area contributed by atoms with Crippen molar-refractivity contribution >= 4 is 5.83 Å². The lowest BCUT2D eigenvalue weighted by molar-refractivity contribution is 0.507. The third-order valence-electron chi connectivity index (χ3n) is 4.10. The van der Waals surface area contributed by atoms with Crippen LogP contribution in [0.15, 0.2) is 48.3 Å². The Morgan fingerprint density at radius 2 is 1.56 bits per heavy atom. The standard InChI is InChI=1S/C21H22F4/c1-2-3-4-8-19(23)21(25)17-7-5-6-15(13-17)9-10-16-11-12-18(22)20(24)14-16/h5-7,11-14H,2-4,8-10H2,1H3/b21-19+. The van der Waals surface area contributed by atoms with Crippen molar-refractivity contribution in [2.45, 2.75) is 45.4 Å². The summed E-state index contributed by atoms with van der Waals surface area (Å²) < 4.78 is 54.3. The van der Waals surface area contributed by atoms with Gasteiger partial charge in [-0.2, -0.15) is 0 Å². The molecular formula is C21H22F4. The quantitative estimate of drug-likeness (QED) is 0.357. The highest BCUT2D eigenvalue weighted by molar-refractivity contribution is 5.61. The number of hydrogen-bond acceptors (Lipinski definition) is 0. The van der Waals surface area contributed by atoms with Gasteiger partial charge < -0.3 is 0 Å². The normalized spacial score (nSPS) is 12.2. The summed E-state index contributed by atoms with van der Waals surface area (Å²) in [5.74, 6) is -3.29. The van der Waals surface area contributed by atoms with E-state index >= 15 is 0 Å². The molecule has 0 atom stereocenters. The third-order valence-corrected chi connectivity index (χ3v) is 4.10. The number of unbranched alkanes of at least 4 members (excludes halogenated alkanes) is 2. The Hall–Kier alpha value is -2.10. The van der Waals surface area contributed by atoms with Crippen LogP contribution < -0.4 is 0 Å². The molecule has 0 saturated heterocycles. The SMILES string of the molecule is CCCCC/C(F)=C(\F)c1cccc(CCc2ccc(F)c(F)c2)c1. The maximum absolute atomic E-state index is 14.2. The van der Waals surface area contributed by atoms with Crippen LogP contribution >= 0.6 is 0 Å². The van der Waals surface area contributed by atoms with E-state index in [0.717, 1.165) is 30.5 Å². The number of benzene rings is 2. The summed E-state index contributed by atoms with van der Waals surface area (Å²) in [5.41, 5.74) is 1.70. The van der Waals surface area contributed by atoms with Gasteiger partial charge in [0.15, 0.2) is 17.5 Å². The molecule has 2 aromatic carbocycles. The zero-order valence-corrected chi connectivity index (χ0v) is 14.3. The Labute approximate surface area is 146 Å². The molecule has 0 aliphatic carbocycles. The van der Waals surface area contributed by atoms with E-state index in [4.69, 9.17) is 0 Å². The van der Waals surface area contributed by atoms with Crippen molar-refractivity contribution in [1.29, 1.82) is 0 Å². The Balaban J connectivity index is 2.05. The van der Waals surface area contributed by atoms with Crippen molar-refractivity contribution in [3.8, 4) is 0 Å². The molecule has 0 N–H and O–H groups in total. The first kappa shape index (κ1) is 19.2. The second-order valence-corrected chi connectivity index (χ2v) is 6.12. The summed E-state index contributed by atoms with van der Waals surface area (Å²) in [7, 11) is 0. The summed E-state index contributed by atoms with van der Waals surface area (Å²) in [6.07, 6.45) is 3.59. The zero-order valence-electron chi connectivity index (χ0n) is 14.3. The molecule has 0 bridgehead atoms. The highest BCUT2D eigenvalue weighted by atomic mass is 19.2. The molecule has 0 aliphatic rings. The number of hydrogen-bond donors (Lipinski definition) is 0. The Kier molecular flexibility index (Phi) is 7.23. The molecule has 4 heteroatoms. The van der Waals surface area contributed by atoms with E-state index < -0.39 is 23.3 Å². The van der Waals surface area contributed by atoms with E-state index in [1.807, 2.05) is 13.0 Å². The molecule has 0 radical (unpaired) electrons. The number of halogens is 4. The maximum Gasteiger partial charge on any atom is 0.161 e.